The molecule has 0 radical (unpaired) electrons. The lowest BCUT2D eigenvalue weighted by atomic mass is 9.83. The Labute approximate surface area is 174 Å². The zero-order valence-corrected chi connectivity index (χ0v) is 18.8. The summed E-state index contributed by atoms with van der Waals surface area (Å²) < 4.78 is 10.5. The molecule has 0 bridgehead atoms. The number of hydrogen-bond acceptors (Lipinski definition) is 5. The van der Waals surface area contributed by atoms with Crippen molar-refractivity contribution in [1.82, 2.24) is 10.6 Å². The summed E-state index contributed by atoms with van der Waals surface area (Å²) in [6.07, 6.45) is 2.19. The van der Waals surface area contributed by atoms with Crippen LogP contribution in [0.1, 0.15) is 74.1 Å². The minimum atomic E-state index is -0.945. The number of nitrogens with one attached hydrogen (secondary N) is 2. The summed E-state index contributed by atoms with van der Waals surface area (Å²) in [6, 6.07) is -0.567. The quantitative estimate of drug-likeness (QED) is 0.581. The van der Waals surface area contributed by atoms with Crippen LogP contribution in [0.25, 0.3) is 0 Å². The molecule has 8 nitrogen and oxygen atoms in total. The monoisotopic (exact) mass is 414 g/mol. The summed E-state index contributed by atoms with van der Waals surface area (Å²) in [4.78, 5) is 35.8. The molecule has 0 saturated heterocycles. The van der Waals surface area contributed by atoms with Crippen LogP contribution in [0, 0.1) is 17.8 Å². The third kappa shape index (κ3) is 9.85. The van der Waals surface area contributed by atoms with Crippen molar-refractivity contribution in [3.05, 3.63) is 0 Å². The molecule has 0 aromatic carbocycles. The van der Waals surface area contributed by atoms with Crippen LogP contribution in [-0.2, 0) is 14.3 Å². The summed E-state index contributed by atoms with van der Waals surface area (Å²) >= 11 is 0. The molecule has 29 heavy (non-hydrogen) atoms. The zero-order valence-electron chi connectivity index (χ0n) is 18.8. The van der Waals surface area contributed by atoms with Crippen molar-refractivity contribution in [2.24, 2.45) is 17.8 Å². The number of carbonyl (C=O) groups excluding carboxylic acids is 2. The maximum absolute atomic E-state index is 12.0. The van der Waals surface area contributed by atoms with Crippen LogP contribution in [0.4, 0.5) is 9.59 Å². The number of alkyl carbamates (subject to hydrolysis) is 2. The fourth-order valence-corrected chi connectivity index (χ4v) is 3.66. The average molecular weight is 415 g/mol. The highest BCUT2D eigenvalue weighted by Crippen LogP contribution is 2.36. The molecular weight excluding hydrogens is 376 g/mol. The van der Waals surface area contributed by atoms with Crippen molar-refractivity contribution in [3.63, 3.8) is 0 Å². The van der Waals surface area contributed by atoms with Gasteiger partial charge in [0, 0.05) is 12.6 Å². The Morgan fingerprint density at radius 2 is 1.48 bits per heavy atom. The van der Waals surface area contributed by atoms with E-state index in [1.807, 2.05) is 20.8 Å². The van der Waals surface area contributed by atoms with E-state index in [0.29, 0.717) is 13.0 Å². The fraction of sp³-hybridized carbons (Fsp3) is 0.857. The van der Waals surface area contributed by atoms with Gasteiger partial charge in [0.15, 0.2) is 0 Å². The van der Waals surface area contributed by atoms with E-state index in [2.05, 4.69) is 10.6 Å². The van der Waals surface area contributed by atoms with Gasteiger partial charge in [-0.3, -0.25) is 4.79 Å². The summed E-state index contributed by atoms with van der Waals surface area (Å²) in [7, 11) is 0. The molecule has 0 spiro atoms. The first-order valence-corrected chi connectivity index (χ1v) is 10.4. The molecule has 168 valence electrons. The highest BCUT2D eigenvalue weighted by atomic mass is 16.6. The summed E-state index contributed by atoms with van der Waals surface area (Å²) in [6.45, 7) is 12.8. The number of carbonyl (C=O) groups is 3. The van der Waals surface area contributed by atoms with E-state index in [0.717, 1.165) is 19.3 Å². The van der Waals surface area contributed by atoms with Gasteiger partial charge in [0.2, 0.25) is 0 Å². The standard InChI is InChI=1S/C21H38N2O6/c1-13(23-19(27)29-21(5,6)7)16(17(24)25)11-14-9-8-10-15(14)12-22-18(26)28-20(2,3)4/h13-16H,8-12H2,1-7H3,(H,22,26)(H,23,27)(H,24,25)/t13-,14?,15?,16?/m1/s1. The fourth-order valence-electron chi connectivity index (χ4n) is 3.66. The highest BCUT2D eigenvalue weighted by Gasteiger charge is 2.35. The molecule has 0 aliphatic heterocycles. The number of carboxylic acids is 1. The van der Waals surface area contributed by atoms with Gasteiger partial charge >= 0.3 is 18.2 Å². The Morgan fingerprint density at radius 1 is 0.966 bits per heavy atom. The van der Waals surface area contributed by atoms with Crippen LogP contribution in [0.15, 0.2) is 0 Å². The van der Waals surface area contributed by atoms with Crippen molar-refractivity contribution < 1.29 is 29.0 Å². The van der Waals surface area contributed by atoms with Crippen LogP contribution in [0.3, 0.4) is 0 Å². The Kier molecular flexibility index (Phi) is 8.78. The lowest BCUT2D eigenvalue weighted by molar-refractivity contribution is -0.143. The van der Waals surface area contributed by atoms with Crippen LogP contribution in [-0.4, -0.2) is 47.1 Å². The van der Waals surface area contributed by atoms with Gasteiger partial charge < -0.3 is 25.2 Å². The molecule has 3 N–H and O–H groups in total. The average Bonchev–Trinajstić information content (AvgIpc) is 2.93. The van der Waals surface area contributed by atoms with Gasteiger partial charge in [0.25, 0.3) is 0 Å². The molecule has 0 aromatic heterocycles. The molecule has 8 heteroatoms. The van der Waals surface area contributed by atoms with E-state index < -0.39 is 41.3 Å². The molecule has 1 aliphatic rings. The van der Waals surface area contributed by atoms with Crippen molar-refractivity contribution in [1.29, 1.82) is 0 Å². The summed E-state index contributed by atoms with van der Waals surface area (Å²) in [5, 5.41) is 15.2. The number of rotatable bonds is 7. The Morgan fingerprint density at radius 3 is 2.00 bits per heavy atom. The molecule has 0 aromatic rings. The van der Waals surface area contributed by atoms with Gasteiger partial charge in [0.05, 0.1) is 5.92 Å². The number of ether oxygens (including phenoxy) is 2. The second kappa shape index (κ2) is 10.2. The normalized spacial score (nSPS) is 21.8. The highest BCUT2D eigenvalue weighted by molar-refractivity contribution is 5.73. The predicted octanol–water partition coefficient (Wildman–Crippen LogP) is 3.93. The van der Waals surface area contributed by atoms with Crippen LogP contribution >= 0.6 is 0 Å². The van der Waals surface area contributed by atoms with Gasteiger partial charge in [-0.25, -0.2) is 9.59 Å². The SMILES string of the molecule is C[C@@H](NC(=O)OC(C)(C)C)C(CC1CCCC1CNC(=O)OC(C)(C)C)C(=O)O. The number of carboxylic acid groups (broad SMARTS) is 1. The molecule has 1 saturated carbocycles. The Hall–Kier alpha value is -1.99. The van der Waals surface area contributed by atoms with Crippen LogP contribution in [0.5, 0.6) is 0 Å². The second-order valence-corrected chi connectivity index (χ2v) is 9.95. The lowest BCUT2D eigenvalue weighted by Gasteiger charge is -2.28. The van der Waals surface area contributed by atoms with Crippen molar-refractivity contribution in [2.45, 2.75) is 91.4 Å². The molecule has 1 aliphatic carbocycles. The first-order chi connectivity index (χ1) is 13.2. The largest absolute Gasteiger partial charge is 0.481 e. The van der Waals surface area contributed by atoms with E-state index in [1.165, 1.54) is 0 Å². The summed E-state index contributed by atoms with van der Waals surface area (Å²) in [5.41, 5.74) is -1.21. The van der Waals surface area contributed by atoms with Gasteiger partial charge in [-0.1, -0.05) is 12.8 Å². The molecule has 0 heterocycles. The maximum Gasteiger partial charge on any atom is 0.407 e. The number of amides is 2. The van der Waals surface area contributed by atoms with Crippen LogP contribution in [0.2, 0.25) is 0 Å². The second-order valence-electron chi connectivity index (χ2n) is 9.95. The summed E-state index contributed by atoms with van der Waals surface area (Å²) in [5.74, 6) is -1.32. The minimum Gasteiger partial charge on any atom is -0.481 e. The van der Waals surface area contributed by atoms with Crippen molar-refractivity contribution in [2.75, 3.05) is 6.54 Å². The zero-order chi connectivity index (χ0) is 22.4. The van der Waals surface area contributed by atoms with E-state index in [9.17, 15) is 19.5 Å². The number of aliphatic carboxylic acids is 1. The molecule has 4 atom stereocenters. The molecular formula is C21H38N2O6. The maximum atomic E-state index is 12.0. The Bertz CT molecular complexity index is 579. The van der Waals surface area contributed by atoms with Crippen molar-refractivity contribution >= 4 is 18.2 Å². The van der Waals surface area contributed by atoms with E-state index in [-0.39, 0.29) is 11.8 Å². The molecule has 2 amide bonds. The van der Waals surface area contributed by atoms with Gasteiger partial charge in [-0.2, -0.15) is 0 Å². The van der Waals surface area contributed by atoms with E-state index in [1.54, 1.807) is 27.7 Å². The lowest BCUT2D eigenvalue weighted by Crippen LogP contribution is -2.44. The van der Waals surface area contributed by atoms with E-state index >= 15 is 0 Å². The predicted molar refractivity (Wildman–Crippen MR) is 110 cm³/mol. The van der Waals surface area contributed by atoms with E-state index in [4.69, 9.17) is 9.47 Å². The smallest absolute Gasteiger partial charge is 0.407 e. The minimum absolute atomic E-state index is 0.161. The van der Waals surface area contributed by atoms with Gasteiger partial charge in [-0.05, 0) is 73.1 Å². The molecule has 1 rings (SSSR count). The third-order valence-electron chi connectivity index (χ3n) is 4.95. The van der Waals surface area contributed by atoms with Crippen LogP contribution < -0.4 is 10.6 Å². The molecule has 3 unspecified atom stereocenters. The number of hydrogen-bond donors (Lipinski definition) is 3. The van der Waals surface area contributed by atoms with Crippen molar-refractivity contribution in [3.8, 4) is 0 Å². The third-order valence-corrected chi connectivity index (χ3v) is 4.95. The first kappa shape index (κ1) is 25.0. The van der Waals surface area contributed by atoms with Gasteiger partial charge in [-0.15, -0.1) is 0 Å². The Balaban J connectivity index is 2.63. The van der Waals surface area contributed by atoms with Gasteiger partial charge in [0.1, 0.15) is 11.2 Å². The molecule has 1 fully saturated rings. The topological polar surface area (TPSA) is 114 Å². The first-order valence-electron chi connectivity index (χ1n) is 10.4.